The van der Waals surface area contributed by atoms with Crippen LogP contribution >= 0.6 is 0 Å². The maximum absolute atomic E-state index is 12.7. The van der Waals surface area contributed by atoms with Crippen LogP contribution in [0.15, 0.2) is 18.2 Å². The lowest BCUT2D eigenvalue weighted by atomic mass is 10.1. The third-order valence-corrected chi connectivity index (χ3v) is 2.68. The molecule has 1 unspecified atom stereocenters. The lowest BCUT2D eigenvalue weighted by molar-refractivity contribution is -0.136. The molecule has 1 atom stereocenters. The second-order valence-corrected chi connectivity index (χ2v) is 4.57. The van der Waals surface area contributed by atoms with E-state index in [4.69, 9.17) is 10.5 Å². The molecule has 1 aromatic carbocycles. The molecule has 7 heteroatoms. The van der Waals surface area contributed by atoms with Crippen molar-refractivity contribution in [2.24, 2.45) is 5.92 Å². The van der Waals surface area contributed by atoms with E-state index in [2.05, 4.69) is 5.32 Å². The minimum atomic E-state index is -4.58. The third kappa shape index (κ3) is 4.41. The highest BCUT2D eigenvalue weighted by Crippen LogP contribution is 2.33. The minimum absolute atomic E-state index is 0.0693. The molecular weight excluding hydrogens is 273 g/mol. The van der Waals surface area contributed by atoms with Crippen molar-refractivity contribution in [3.8, 4) is 0 Å². The number of nitrogen functional groups attached to an aromatic ring is 1. The van der Waals surface area contributed by atoms with Crippen LogP contribution in [-0.2, 0) is 10.9 Å². The molecule has 4 nitrogen and oxygen atoms in total. The van der Waals surface area contributed by atoms with Gasteiger partial charge in [0.1, 0.15) is 0 Å². The second kappa shape index (κ2) is 6.60. The molecule has 0 bridgehead atoms. The predicted octanol–water partition coefficient (Wildman–Crippen LogP) is 2.30. The molecule has 0 aromatic heterocycles. The van der Waals surface area contributed by atoms with E-state index in [0.29, 0.717) is 13.2 Å². The zero-order valence-electron chi connectivity index (χ0n) is 11.3. The van der Waals surface area contributed by atoms with Gasteiger partial charge in [0.15, 0.2) is 0 Å². The van der Waals surface area contributed by atoms with Crippen LogP contribution in [0.4, 0.5) is 18.9 Å². The van der Waals surface area contributed by atoms with Gasteiger partial charge in [-0.3, -0.25) is 4.79 Å². The molecule has 0 saturated heterocycles. The Kier molecular flexibility index (Phi) is 5.38. The summed E-state index contributed by atoms with van der Waals surface area (Å²) >= 11 is 0. The van der Waals surface area contributed by atoms with Gasteiger partial charge in [-0.05, 0) is 24.1 Å². The maximum Gasteiger partial charge on any atom is 0.418 e. The van der Waals surface area contributed by atoms with E-state index in [0.717, 1.165) is 12.1 Å². The Balaban J connectivity index is 2.79. The highest BCUT2D eigenvalue weighted by Gasteiger charge is 2.33. The van der Waals surface area contributed by atoms with E-state index < -0.39 is 23.3 Å². The van der Waals surface area contributed by atoms with Crippen molar-refractivity contribution in [3.63, 3.8) is 0 Å². The number of ether oxygens (including phenoxy) is 1. The highest BCUT2D eigenvalue weighted by molar-refractivity contribution is 5.94. The minimum Gasteiger partial charge on any atom is -0.398 e. The Labute approximate surface area is 115 Å². The van der Waals surface area contributed by atoms with Gasteiger partial charge < -0.3 is 15.8 Å². The molecule has 3 N–H and O–H groups in total. The number of methoxy groups -OCH3 is 1. The molecule has 0 fully saturated rings. The fourth-order valence-corrected chi connectivity index (χ4v) is 1.66. The SMILES string of the molecule is COCC(C)CNC(=O)c1ccc(N)c(C(F)(F)F)c1. The number of nitrogens with one attached hydrogen (secondary N) is 1. The summed E-state index contributed by atoms with van der Waals surface area (Å²) in [5.74, 6) is -0.502. The smallest absolute Gasteiger partial charge is 0.398 e. The first-order chi connectivity index (χ1) is 9.25. The van der Waals surface area contributed by atoms with E-state index in [9.17, 15) is 18.0 Å². The first-order valence-electron chi connectivity index (χ1n) is 5.99. The Morgan fingerprint density at radius 3 is 2.65 bits per heavy atom. The first-order valence-corrected chi connectivity index (χ1v) is 5.99. The van der Waals surface area contributed by atoms with Crippen LogP contribution in [0.3, 0.4) is 0 Å². The van der Waals surface area contributed by atoms with Crippen LogP contribution in [0, 0.1) is 5.92 Å². The fourth-order valence-electron chi connectivity index (χ4n) is 1.66. The quantitative estimate of drug-likeness (QED) is 0.818. The molecule has 20 heavy (non-hydrogen) atoms. The van der Waals surface area contributed by atoms with Crippen molar-refractivity contribution in [1.29, 1.82) is 0 Å². The Hall–Kier alpha value is -1.76. The summed E-state index contributed by atoms with van der Waals surface area (Å²) in [6.07, 6.45) is -4.58. The summed E-state index contributed by atoms with van der Waals surface area (Å²) in [7, 11) is 1.54. The van der Waals surface area contributed by atoms with Crippen LogP contribution in [0.2, 0.25) is 0 Å². The van der Waals surface area contributed by atoms with Crippen LogP contribution < -0.4 is 11.1 Å². The maximum atomic E-state index is 12.7. The zero-order chi connectivity index (χ0) is 15.3. The number of carbonyl (C=O) groups excluding carboxylic acids is 1. The van der Waals surface area contributed by atoms with Crippen molar-refractivity contribution in [2.45, 2.75) is 13.1 Å². The van der Waals surface area contributed by atoms with Gasteiger partial charge in [-0.15, -0.1) is 0 Å². The van der Waals surface area contributed by atoms with E-state index in [1.165, 1.54) is 13.2 Å². The van der Waals surface area contributed by atoms with Gasteiger partial charge in [0.05, 0.1) is 12.2 Å². The lowest BCUT2D eigenvalue weighted by Crippen LogP contribution is -2.30. The monoisotopic (exact) mass is 290 g/mol. The molecule has 1 aromatic rings. The predicted molar refractivity (Wildman–Crippen MR) is 69.2 cm³/mol. The largest absolute Gasteiger partial charge is 0.418 e. The third-order valence-electron chi connectivity index (χ3n) is 2.68. The van der Waals surface area contributed by atoms with Crippen molar-refractivity contribution in [3.05, 3.63) is 29.3 Å². The summed E-state index contributed by atoms with van der Waals surface area (Å²) in [6.45, 7) is 2.63. The number of hydrogen-bond donors (Lipinski definition) is 2. The van der Waals surface area contributed by atoms with Gasteiger partial charge in [-0.25, -0.2) is 0 Å². The van der Waals surface area contributed by atoms with Crippen LogP contribution in [0.1, 0.15) is 22.8 Å². The molecule has 0 aliphatic heterocycles. The molecule has 0 spiro atoms. The highest BCUT2D eigenvalue weighted by atomic mass is 19.4. The summed E-state index contributed by atoms with van der Waals surface area (Å²) in [4.78, 5) is 11.8. The van der Waals surface area contributed by atoms with Crippen LogP contribution in [0.5, 0.6) is 0 Å². The molecule has 0 aliphatic rings. The van der Waals surface area contributed by atoms with Crippen LogP contribution in [0.25, 0.3) is 0 Å². The van der Waals surface area contributed by atoms with E-state index >= 15 is 0 Å². The zero-order valence-corrected chi connectivity index (χ0v) is 11.3. The van der Waals surface area contributed by atoms with Gasteiger partial charge in [0.25, 0.3) is 5.91 Å². The molecule has 0 heterocycles. The number of amides is 1. The number of rotatable bonds is 5. The number of hydrogen-bond acceptors (Lipinski definition) is 3. The summed E-state index contributed by atoms with van der Waals surface area (Å²) in [5, 5.41) is 2.55. The topological polar surface area (TPSA) is 64.3 Å². The normalized spacial score (nSPS) is 13.1. The average Bonchev–Trinajstić information content (AvgIpc) is 2.35. The summed E-state index contributed by atoms with van der Waals surface area (Å²) in [6, 6.07) is 3.10. The first kappa shape index (κ1) is 16.3. The van der Waals surface area contributed by atoms with Gasteiger partial charge in [-0.1, -0.05) is 6.92 Å². The molecule has 1 amide bonds. The van der Waals surface area contributed by atoms with E-state index in [1.807, 2.05) is 6.92 Å². The fraction of sp³-hybridized carbons (Fsp3) is 0.462. The number of benzene rings is 1. The van der Waals surface area contributed by atoms with Gasteiger partial charge >= 0.3 is 6.18 Å². The molecular formula is C13H17F3N2O2. The standard InChI is InChI=1S/C13H17F3N2O2/c1-8(7-20-2)6-18-12(19)9-3-4-11(17)10(5-9)13(14,15)16/h3-5,8H,6-7,17H2,1-2H3,(H,18,19). The molecule has 0 saturated carbocycles. The van der Waals surface area contributed by atoms with Gasteiger partial charge in [-0.2, -0.15) is 13.2 Å². The molecule has 0 radical (unpaired) electrons. The Bertz CT molecular complexity index is 475. The number of anilines is 1. The average molecular weight is 290 g/mol. The van der Waals surface area contributed by atoms with E-state index in [-0.39, 0.29) is 11.5 Å². The summed E-state index contributed by atoms with van der Waals surface area (Å²) < 4.78 is 42.9. The summed E-state index contributed by atoms with van der Waals surface area (Å²) in [5.41, 5.74) is 3.79. The van der Waals surface area contributed by atoms with Gasteiger partial charge in [0, 0.05) is 24.9 Å². The second-order valence-electron chi connectivity index (χ2n) is 4.57. The number of alkyl halides is 3. The van der Waals surface area contributed by atoms with Crippen molar-refractivity contribution in [1.82, 2.24) is 5.32 Å². The Morgan fingerprint density at radius 1 is 1.45 bits per heavy atom. The van der Waals surface area contributed by atoms with Crippen LogP contribution in [-0.4, -0.2) is 26.2 Å². The molecule has 1 rings (SSSR count). The van der Waals surface area contributed by atoms with Crippen molar-refractivity contribution >= 4 is 11.6 Å². The van der Waals surface area contributed by atoms with Crippen molar-refractivity contribution < 1.29 is 22.7 Å². The number of halogens is 3. The molecule has 0 aliphatic carbocycles. The number of nitrogens with two attached hydrogens (primary N) is 1. The van der Waals surface area contributed by atoms with Gasteiger partial charge in [0.2, 0.25) is 0 Å². The van der Waals surface area contributed by atoms with Crippen molar-refractivity contribution in [2.75, 3.05) is 26.0 Å². The number of carbonyl (C=O) groups is 1. The van der Waals surface area contributed by atoms with E-state index in [1.54, 1.807) is 0 Å². The Morgan fingerprint density at radius 2 is 2.10 bits per heavy atom. The lowest BCUT2D eigenvalue weighted by Gasteiger charge is -2.14. The molecule has 112 valence electrons.